The highest BCUT2D eigenvalue weighted by Gasteiger charge is 2.24. The van der Waals surface area contributed by atoms with Gasteiger partial charge in [0.05, 0.1) is 6.20 Å². The molecule has 11 heteroatoms. The van der Waals surface area contributed by atoms with Crippen molar-refractivity contribution in [3.05, 3.63) is 52.8 Å². The number of amides is 3. The van der Waals surface area contributed by atoms with Crippen molar-refractivity contribution >= 4 is 52.6 Å². The minimum Gasteiger partial charge on any atom is -0.369 e. The molecule has 2 aromatic heterocycles. The second-order valence-electron chi connectivity index (χ2n) is 9.22. The summed E-state index contributed by atoms with van der Waals surface area (Å²) in [6.07, 6.45) is 3.16. The number of carbonyl (C=O) groups excluding carboxylic acids is 2. The first kappa shape index (κ1) is 23.5. The van der Waals surface area contributed by atoms with Gasteiger partial charge in [-0.1, -0.05) is 31.5 Å². The van der Waals surface area contributed by atoms with E-state index in [1.54, 1.807) is 28.9 Å². The van der Waals surface area contributed by atoms with Crippen LogP contribution in [0.3, 0.4) is 0 Å². The van der Waals surface area contributed by atoms with Gasteiger partial charge in [-0.05, 0) is 43.8 Å². The minimum absolute atomic E-state index is 0.0101. The van der Waals surface area contributed by atoms with Crippen LogP contribution < -0.4 is 21.3 Å². The van der Waals surface area contributed by atoms with Crippen LogP contribution in [-0.4, -0.2) is 58.6 Å². The number of nitrogens with one attached hydrogen (secondary N) is 4. The monoisotopic (exact) mass is 482 g/mol. The summed E-state index contributed by atoms with van der Waals surface area (Å²) in [5, 5.41) is 16.5. The molecule has 0 spiro atoms. The lowest BCUT2D eigenvalue weighted by molar-refractivity contribution is -0.115. The molecule has 0 aliphatic carbocycles. The zero-order valence-corrected chi connectivity index (χ0v) is 20.2. The number of hydrogen-bond acceptors (Lipinski definition) is 7. The topological polar surface area (TPSA) is 116 Å². The van der Waals surface area contributed by atoms with E-state index in [0.29, 0.717) is 28.6 Å². The van der Waals surface area contributed by atoms with E-state index in [1.165, 1.54) is 0 Å². The number of imide groups is 1. The highest BCUT2D eigenvalue weighted by atomic mass is 35.5. The van der Waals surface area contributed by atoms with Gasteiger partial charge < -0.3 is 20.9 Å². The number of carbonyl (C=O) groups is 2. The molecule has 0 bridgehead atoms. The van der Waals surface area contributed by atoms with E-state index in [1.807, 2.05) is 32.3 Å². The third-order valence-electron chi connectivity index (χ3n) is 5.11. The van der Waals surface area contributed by atoms with Crippen LogP contribution in [0.5, 0.6) is 0 Å². The Morgan fingerprint density at radius 3 is 2.68 bits per heavy atom. The van der Waals surface area contributed by atoms with Crippen LogP contribution in [0.4, 0.5) is 22.1 Å². The van der Waals surface area contributed by atoms with Crippen molar-refractivity contribution in [1.29, 1.82) is 0 Å². The van der Waals surface area contributed by atoms with Gasteiger partial charge in [0.25, 0.3) is 5.91 Å². The fourth-order valence-corrected chi connectivity index (χ4v) is 4.06. The van der Waals surface area contributed by atoms with Crippen LogP contribution in [0.25, 0.3) is 11.7 Å². The number of benzene rings is 1. The molecule has 3 heterocycles. The van der Waals surface area contributed by atoms with E-state index in [4.69, 9.17) is 16.6 Å². The van der Waals surface area contributed by atoms with Gasteiger partial charge in [0.1, 0.15) is 17.3 Å². The van der Waals surface area contributed by atoms with Crippen LogP contribution in [0, 0.1) is 5.41 Å². The van der Waals surface area contributed by atoms with E-state index in [-0.39, 0.29) is 11.1 Å². The molecule has 0 radical (unpaired) electrons. The maximum atomic E-state index is 12.0. The zero-order valence-electron chi connectivity index (χ0n) is 19.4. The summed E-state index contributed by atoms with van der Waals surface area (Å²) in [6, 6.07) is 8.65. The van der Waals surface area contributed by atoms with E-state index >= 15 is 0 Å². The Labute approximate surface area is 202 Å². The third kappa shape index (κ3) is 5.46. The summed E-state index contributed by atoms with van der Waals surface area (Å²) in [7, 11) is 4.09. The fraction of sp³-hybridized carbons (Fsp3) is 0.304. The first-order valence-electron chi connectivity index (χ1n) is 10.7. The van der Waals surface area contributed by atoms with Crippen molar-refractivity contribution in [3.8, 4) is 0 Å². The standard InChI is InChI=1S/C23H27ClN8O2/c1-23(2,13-31(3)4)12-25-19-10-18(27-16-7-5-6-15(24)9-16)29-20-14(11-26-32(19)20)8-17-21(33)30-22(34)28-17/h5-11,25H,12-13H2,1-4H3,(H,27,29)(H2,28,30,33,34)/b17-8+. The molecule has 34 heavy (non-hydrogen) atoms. The minimum atomic E-state index is -0.561. The second kappa shape index (κ2) is 9.32. The fourth-order valence-electron chi connectivity index (χ4n) is 3.87. The van der Waals surface area contributed by atoms with Gasteiger partial charge in [0, 0.05) is 35.4 Å². The number of aromatic nitrogens is 3. The van der Waals surface area contributed by atoms with Crippen LogP contribution in [0.1, 0.15) is 19.4 Å². The van der Waals surface area contributed by atoms with Crippen molar-refractivity contribution in [2.45, 2.75) is 13.8 Å². The smallest absolute Gasteiger partial charge is 0.326 e. The average Bonchev–Trinajstić information content (AvgIpc) is 3.28. The Kier molecular flexibility index (Phi) is 6.45. The number of halogens is 1. The third-order valence-corrected chi connectivity index (χ3v) is 5.34. The van der Waals surface area contributed by atoms with E-state index in [2.05, 4.69) is 45.1 Å². The number of rotatable bonds is 8. The highest BCUT2D eigenvalue weighted by molar-refractivity contribution is 6.30. The van der Waals surface area contributed by atoms with Gasteiger partial charge in [-0.3, -0.25) is 10.1 Å². The van der Waals surface area contributed by atoms with E-state index in [9.17, 15) is 9.59 Å². The Balaban J connectivity index is 1.73. The Hall–Kier alpha value is -3.63. The molecule has 0 saturated carbocycles. The molecular weight excluding hydrogens is 456 g/mol. The first-order valence-corrected chi connectivity index (χ1v) is 11.1. The van der Waals surface area contributed by atoms with Crippen molar-refractivity contribution < 1.29 is 9.59 Å². The molecule has 1 aliphatic rings. The summed E-state index contributed by atoms with van der Waals surface area (Å²) in [5.74, 6) is 0.801. The molecule has 1 aliphatic heterocycles. The quantitative estimate of drug-likeness (QED) is 0.287. The van der Waals surface area contributed by atoms with Gasteiger partial charge in [-0.2, -0.15) is 9.61 Å². The largest absolute Gasteiger partial charge is 0.369 e. The predicted molar refractivity (Wildman–Crippen MR) is 133 cm³/mol. The van der Waals surface area contributed by atoms with Gasteiger partial charge >= 0.3 is 6.03 Å². The van der Waals surface area contributed by atoms with Crippen LogP contribution in [-0.2, 0) is 4.79 Å². The molecular formula is C23H27ClN8O2. The Bertz CT molecular complexity index is 1280. The highest BCUT2D eigenvalue weighted by Crippen LogP contribution is 2.26. The molecule has 178 valence electrons. The Morgan fingerprint density at radius 1 is 1.21 bits per heavy atom. The lowest BCUT2D eigenvalue weighted by Crippen LogP contribution is -2.34. The van der Waals surface area contributed by atoms with Crippen molar-refractivity contribution in [1.82, 2.24) is 30.1 Å². The summed E-state index contributed by atoms with van der Waals surface area (Å²) < 4.78 is 1.68. The maximum absolute atomic E-state index is 12.0. The molecule has 0 atom stereocenters. The normalized spacial score (nSPS) is 15.2. The molecule has 3 aromatic rings. The van der Waals surface area contributed by atoms with E-state index in [0.717, 1.165) is 18.1 Å². The molecule has 0 unspecified atom stereocenters. The number of hydrogen-bond donors (Lipinski definition) is 4. The molecule has 1 aromatic carbocycles. The molecule has 4 N–H and O–H groups in total. The van der Waals surface area contributed by atoms with Crippen molar-refractivity contribution in [3.63, 3.8) is 0 Å². The maximum Gasteiger partial charge on any atom is 0.326 e. The SMILES string of the molecule is CN(C)CC(C)(C)CNc1cc(Nc2cccc(Cl)c2)nc2c(/C=C3/NC(=O)NC3=O)cnn12. The van der Waals surface area contributed by atoms with Gasteiger partial charge in [-0.15, -0.1) is 0 Å². The lowest BCUT2D eigenvalue weighted by atomic mass is 9.93. The molecule has 1 fully saturated rings. The lowest BCUT2D eigenvalue weighted by Gasteiger charge is -2.29. The average molecular weight is 483 g/mol. The van der Waals surface area contributed by atoms with Gasteiger partial charge in [0.2, 0.25) is 0 Å². The molecule has 10 nitrogen and oxygen atoms in total. The first-order chi connectivity index (χ1) is 16.1. The number of nitrogens with zero attached hydrogens (tertiary/aromatic N) is 4. The zero-order chi connectivity index (χ0) is 24.5. The van der Waals surface area contributed by atoms with Gasteiger partial charge in [-0.25, -0.2) is 9.78 Å². The van der Waals surface area contributed by atoms with Crippen LogP contribution in [0.15, 0.2) is 42.2 Å². The van der Waals surface area contributed by atoms with Crippen molar-refractivity contribution in [2.24, 2.45) is 5.41 Å². The number of urea groups is 1. The molecule has 3 amide bonds. The summed E-state index contributed by atoms with van der Waals surface area (Å²) >= 11 is 6.14. The van der Waals surface area contributed by atoms with Crippen LogP contribution in [0.2, 0.25) is 5.02 Å². The predicted octanol–water partition coefficient (Wildman–Crippen LogP) is 3.31. The van der Waals surface area contributed by atoms with E-state index < -0.39 is 11.9 Å². The summed E-state index contributed by atoms with van der Waals surface area (Å²) in [6.45, 7) is 5.95. The van der Waals surface area contributed by atoms with Gasteiger partial charge in [0.15, 0.2) is 5.65 Å². The number of fused-ring (bicyclic) bond motifs is 1. The summed E-state index contributed by atoms with van der Waals surface area (Å²) in [4.78, 5) is 30.4. The number of anilines is 3. The second-order valence-corrected chi connectivity index (χ2v) is 9.66. The molecule has 1 saturated heterocycles. The molecule has 4 rings (SSSR count). The summed E-state index contributed by atoms with van der Waals surface area (Å²) in [5.41, 5.74) is 2.00. The van der Waals surface area contributed by atoms with Crippen LogP contribution >= 0.6 is 11.6 Å². The van der Waals surface area contributed by atoms with Crippen molar-refractivity contribution in [2.75, 3.05) is 37.8 Å². The Morgan fingerprint density at radius 2 is 2.00 bits per heavy atom.